The largest absolute Gasteiger partial charge is 0.494 e. The van der Waals surface area contributed by atoms with Gasteiger partial charge in [-0.1, -0.05) is 23.7 Å². The Labute approximate surface area is 142 Å². The van der Waals surface area contributed by atoms with Crippen molar-refractivity contribution in [2.75, 3.05) is 0 Å². The molecular weight excluding hydrogens is 310 g/mol. The molecule has 0 atom stereocenters. The quantitative estimate of drug-likeness (QED) is 0.779. The molecule has 0 radical (unpaired) electrons. The molecule has 120 valence electrons. The number of hydrogen-bond donors (Lipinski definition) is 0. The van der Waals surface area contributed by atoms with E-state index in [0.29, 0.717) is 5.02 Å². The van der Waals surface area contributed by atoms with Crippen molar-refractivity contribution in [3.8, 4) is 11.5 Å². The van der Waals surface area contributed by atoms with Crippen LogP contribution in [0, 0.1) is 0 Å². The zero-order chi connectivity index (χ0) is 16.7. The van der Waals surface area contributed by atoms with Gasteiger partial charge in [-0.2, -0.15) is 0 Å². The molecule has 1 saturated heterocycles. The second kappa shape index (κ2) is 5.86. The fourth-order valence-corrected chi connectivity index (χ4v) is 2.44. The molecule has 2 aromatic rings. The van der Waals surface area contributed by atoms with E-state index in [1.807, 2.05) is 64.1 Å². The number of halogens is 1. The predicted octanol–water partition coefficient (Wildman–Crippen LogP) is 4.43. The van der Waals surface area contributed by atoms with Crippen molar-refractivity contribution in [2.24, 2.45) is 0 Å². The highest BCUT2D eigenvalue weighted by Gasteiger charge is 2.51. The highest BCUT2D eigenvalue weighted by atomic mass is 35.5. The maximum absolute atomic E-state index is 6.04. The summed E-state index contributed by atoms with van der Waals surface area (Å²) in [5, 5.41) is 0.688. The van der Waals surface area contributed by atoms with E-state index in [0.717, 1.165) is 17.0 Å². The Kier molecular flexibility index (Phi) is 4.17. The lowest BCUT2D eigenvalue weighted by molar-refractivity contribution is 0.00578. The van der Waals surface area contributed by atoms with Crippen LogP contribution in [0.3, 0.4) is 0 Å². The number of hydrogen-bond acceptors (Lipinski definition) is 3. The van der Waals surface area contributed by atoms with Crippen molar-refractivity contribution in [1.82, 2.24) is 0 Å². The summed E-state index contributed by atoms with van der Waals surface area (Å²) in [6.07, 6.45) is 0. The van der Waals surface area contributed by atoms with E-state index in [2.05, 4.69) is 0 Å². The summed E-state index contributed by atoms with van der Waals surface area (Å²) in [6, 6.07) is 15.0. The third-order valence-corrected chi connectivity index (χ3v) is 4.71. The fraction of sp³-hybridized carbons (Fsp3) is 0.333. The lowest BCUT2D eigenvalue weighted by Gasteiger charge is -2.32. The van der Waals surface area contributed by atoms with Gasteiger partial charge in [0, 0.05) is 5.02 Å². The first kappa shape index (κ1) is 16.4. The van der Waals surface area contributed by atoms with Gasteiger partial charge in [0.25, 0.3) is 0 Å². The average molecular weight is 331 g/mol. The molecular formula is C18H20BClO3. The summed E-state index contributed by atoms with van der Waals surface area (Å²) in [5.41, 5.74) is 0.304. The average Bonchev–Trinajstić information content (AvgIpc) is 2.71. The Morgan fingerprint density at radius 2 is 1.22 bits per heavy atom. The maximum Gasteiger partial charge on any atom is 0.494 e. The number of benzene rings is 2. The first-order valence-corrected chi connectivity index (χ1v) is 8.04. The third-order valence-electron chi connectivity index (χ3n) is 4.45. The maximum atomic E-state index is 6.04. The van der Waals surface area contributed by atoms with Gasteiger partial charge in [0.2, 0.25) is 0 Å². The van der Waals surface area contributed by atoms with E-state index < -0.39 is 0 Å². The molecule has 1 fully saturated rings. The zero-order valence-corrected chi connectivity index (χ0v) is 14.6. The molecule has 0 spiro atoms. The number of ether oxygens (including phenoxy) is 1. The van der Waals surface area contributed by atoms with Crippen molar-refractivity contribution in [2.45, 2.75) is 38.9 Å². The van der Waals surface area contributed by atoms with Gasteiger partial charge in [-0.15, -0.1) is 0 Å². The van der Waals surface area contributed by atoms with Crippen LogP contribution in [0.4, 0.5) is 0 Å². The van der Waals surface area contributed by atoms with Gasteiger partial charge < -0.3 is 14.0 Å². The van der Waals surface area contributed by atoms with Gasteiger partial charge in [-0.3, -0.25) is 0 Å². The van der Waals surface area contributed by atoms with Crippen LogP contribution in [0.2, 0.25) is 5.02 Å². The van der Waals surface area contributed by atoms with Gasteiger partial charge >= 0.3 is 7.12 Å². The Hall–Kier alpha value is -1.49. The van der Waals surface area contributed by atoms with Crippen LogP contribution in [0.25, 0.3) is 0 Å². The Morgan fingerprint density at radius 1 is 0.783 bits per heavy atom. The van der Waals surface area contributed by atoms with E-state index in [9.17, 15) is 0 Å². The summed E-state index contributed by atoms with van der Waals surface area (Å²) >= 11 is 5.87. The molecule has 0 N–H and O–H groups in total. The van der Waals surface area contributed by atoms with Crippen LogP contribution >= 0.6 is 11.6 Å². The molecule has 3 rings (SSSR count). The molecule has 0 amide bonds. The molecule has 1 heterocycles. The molecule has 2 aromatic carbocycles. The monoisotopic (exact) mass is 330 g/mol. The SMILES string of the molecule is CC1(C)OB(c2ccc(Oc3ccc(Cl)cc3)cc2)OC1(C)C. The highest BCUT2D eigenvalue weighted by molar-refractivity contribution is 6.62. The van der Waals surface area contributed by atoms with Gasteiger partial charge in [-0.05, 0) is 69.6 Å². The summed E-state index contributed by atoms with van der Waals surface area (Å²) in [5.74, 6) is 1.50. The highest BCUT2D eigenvalue weighted by Crippen LogP contribution is 2.36. The molecule has 23 heavy (non-hydrogen) atoms. The van der Waals surface area contributed by atoms with Crippen LogP contribution in [-0.2, 0) is 9.31 Å². The standard InChI is InChI=1S/C18H20BClO3/c1-17(2)18(3,4)23-19(22-17)13-5-9-15(10-6-13)21-16-11-7-14(20)8-12-16/h5-12H,1-4H3. The first-order chi connectivity index (χ1) is 10.8. The lowest BCUT2D eigenvalue weighted by atomic mass is 9.79. The summed E-state index contributed by atoms with van der Waals surface area (Å²) in [4.78, 5) is 0. The first-order valence-electron chi connectivity index (χ1n) is 7.66. The van der Waals surface area contributed by atoms with Crippen molar-refractivity contribution < 1.29 is 14.0 Å². The minimum absolute atomic E-state index is 0.337. The Morgan fingerprint density at radius 3 is 1.70 bits per heavy atom. The molecule has 0 saturated carbocycles. The molecule has 0 bridgehead atoms. The van der Waals surface area contributed by atoms with Crippen LogP contribution in [0.15, 0.2) is 48.5 Å². The van der Waals surface area contributed by atoms with Gasteiger partial charge in [0.15, 0.2) is 0 Å². The summed E-state index contributed by atoms with van der Waals surface area (Å²) < 4.78 is 17.9. The van der Waals surface area contributed by atoms with Crippen molar-refractivity contribution in [1.29, 1.82) is 0 Å². The molecule has 5 heteroatoms. The van der Waals surface area contributed by atoms with E-state index in [1.54, 1.807) is 12.1 Å². The van der Waals surface area contributed by atoms with Crippen LogP contribution in [-0.4, -0.2) is 18.3 Å². The van der Waals surface area contributed by atoms with Gasteiger partial charge in [0.05, 0.1) is 11.2 Å². The van der Waals surface area contributed by atoms with Gasteiger partial charge in [0.1, 0.15) is 11.5 Å². The Bertz CT molecular complexity index is 664. The van der Waals surface area contributed by atoms with Crippen molar-refractivity contribution in [3.05, 3.63) is 53.6 Å². The third kappa shape index (κ3) is 3.39. The molecule has 0 aliphatic carbocycles. The van der Waals surface area contributed by atoms with Crippen molar-refractivity contribution in [3.63, 3.8) is 0 Å². The second-order valence-corrected chi connectivity index (χ2v) is 7.15. The summed E-state index contributed by atoms with van der Waals surface area (Å²) in [6.45, 7) is 8.19. The predicted molar refractivity (Wildman–Crippen MR) is 93.7 cm³/mol. The van der Waals surface area contributed by atoms with E-state index in [4.69, 9.17) is 25.6 Å². The minimum Gasteiger partial charge on any atom is -0.457 e. The minimum atomic E-state index is -0.357. The van der Waals surface area contributed by atoms with Gasteiger partial charge in [-0.25, -0.2) is 0 Å². The normalized spacial score (nSPS) is 18.9. The fourth-order valence-electron chi connectivity index (χ4n) is 2.31. The van der Waals surface area contributed by atoms with E-state index in [1.165, 1.54) is 0 Å². The number of rotatable bonds is 3. The lowest BCUT2D eigenvalue weighted by Crippen LogP contribution is -2.41. The molecule has 3 nitrogen and oxygen atoms in total. The molecule has 0 aromatic heterocycles. The summed E-state index contributed by atoms with van der Waals surface area (Å²) in [7, 11) is -0.357. The van der Waals surface area contributed by atoms with E-state index in [-0.39, 0.29) is 18.3 Å². The topological polar surface area (TPSA) is 27.7 Å². The van der Waals surface area contributed by atoms with E-state index >= 15 is 0 Å². The van der Waals surface area contributed by atoms with Crippen LogP contribution in [0.5, 0.6) is 11.5 Å². The second-order valence-electron chi connectivity index (χ2n) is 6.71. The zero-order valence-electron chi connectivity index (χ0n) is 13.8. The Balaban J connectivity index is 1.72. The van der Waals surface area contributed by atoms with Crippen LogP contribution in [0.1, 0.15) is 27.7 Å². The smallest absolute Gasteiger partial charge is 0.457 e. The molecule has 0 unspecified atom stereocenters. The van der Waals surface area contributed by atoms with Crippen LogP contribution < -0.4 is 10.2 Å². The molecule has 1 aliphatic heterocycles. The molecule has 1 aliphatic rings. The van der Waals surface area contributed by atoms with Crippen molar-refractivity contribution >= 4 is 24.2 Å².